The fourth-order valence-corrected chi connectivity index (χ4v) is 3.91. The van der Waals surface area contributed by atoms with Crippen molar-refractivity contribution in [3.63, 3.8) is 0 Å². The predicted octanol–water partition coefficient (Wildman–Crippen LogP) is 3.76. The quantitative estimate of drug-likeness (QED) is 0.669. The van der Waals surface area contributed by atoms with E-state index in [9.17, 15) is 9.59 Å². The Morgan fingerprint density at radius 1 is 1.16 bits per heavy atom. The van der Waals surface area contributed by atoms with Crippen molar-refractivity contribution in [1.29, 1.82) is 0 Å². The molecule has 128 valence electrons. The largest absolute Gasteiger partial charge is 0.465 e. The van der Waals surface area contributed by atoms with E-state index >= 15 is 0 Å². The lowest BCUT2D eigenvalue weighted by Gasteiger charge is -2.00. The summed E-state index contributed by atoms with van der Waals surface area (Å²) < 4.78 is 4.65. The summed E-state index contributed by atoms with van der Waals surface area (Å²) in [5.41, 5.74) is 1.94. The summed E-state index contributed by atoms with van der Waals surface area (Å²) in [6.45, 7) is 0. The fraction of sp³-hybridized carbons (Fsp3) is 0.167. The molecule has 1 amide bonds. The van der Waals surface area contributed by atoms with Gasteiger partial charge >= 0.3 is 5.97 Å². The van der Waals surface area contributed by atoms with Crippen LogP contribution in [0.2, 0.25) is 0 Å². The van der Waals surface area contributed by atoms with Crippen molar-refractivity contribution in [3.05, 3.63) is 69.0 Å². The summed E-state index contributed by atoms with van der Waals surface area (Å²) in [7, 11) is 1.33. The zero-order valence-electron chi connectivity index (χ0n) is 13.5. The fourth-order valence-electron chi connectivity index (χ4n) is 2.24. The number of hydrogen-bond acceptors (Lipinski definition) is 6. The highest BCUT2D eigenvalue weighted by molar-refractivity contribution is 7.18. The molecule has 7 heteroatoms. The zero-order chi connectivity index (χ0) is 17.6. The van der Waals surface area contributed by atoms with E-state index in [-0.39, 0.29) is 12.3 Å². The first-order chi connectivity index (χ1) is 12.1. The molecule has 2 aromatic heterocycles. The third-order valence-corrected chi connectivity index (χ3v) is 5.27. The van der Waals surface area contributed by atoms with Crippen molar-refractivity contribution in [2.75, 3.05) is 12.4 Å². The van der Waals surface area contributed by atoms with Gasteiger partial charge in [-0.1, -0.05) is 30.3 Å². The van der Waals surface area contributed by atoms with Crippen LogP contribution in [0, 0.1) is 0 Å². The molecule has 0 aliphatic heterocycles. The number of rotatable bonds is 6. The summed E-state index contributed by atoms with van der Waals surface area (Å²) in [4.78, 5) is 28.5. The van der Waals surface area contributed by atoms with Crippen LogP contribution in [0.4, 0.5) is 5.00 Å². The Morgan fingerprint density at radius 2 is 1.96 bits per heavy atom. The number of carbonyl (C=O) groups is 2. The third-order valence-electron chi connectivity index (χ3n) is 3.39. The molecule has 0 saturated carbocycles. The molecule has 2 heterocycles. The maximum atomic E-state index is 12.1. The van der Waals surface area contributed by atoms with Crippen LogP contribution in [0.5, 0.6) is 0 Å². The normalized spacial score (nSPS) is 10.4. The summed E-state index contributed by atoms with van der Waals surface area (Å²) in [6.07, 6.45) is 0.970. The number of esters is 1. The molecule has 0 radical (unpaired) electrons. The number of thiophene rings is 1. The van der Waals surface area contributed by atoms with Gasteiger partial charge in [0.1, 0.15) is 4.88 Å². The molecular formula is C18H16N2O3S2. The van der Waals surface area contributed by atoms with Gasteiger partial charge in [-0.25, -0.2) is 9.78 Å². The molecule has 0 unspecified atom stereocenters. The molecule has 5 nitrogen and oxygen atoms in total. The van der Waals surface area contributed by atoms with Gasteiger partial charge in [0, 0.05) is 11.8 Å². The van der Waals surface area contributed by atoms with Crippen LogP contribution in [0.15, 0.2) is 47.8 Å². The highest BCUT2D eigenvalue weighted by Crippen LogP contribution is 2.23. The second kappa shape index (κ2) is 8.04. The second-order valence-electron chi connectivity index (χ2n) is 5.28. The van der Waals surface area contributed by atoms with E-state index in [1.807, 2.05) is 23.6 Å². The molecule has 25 heavy (non-hydrogen) atoms. The van der Waals surface area contributed by atoms with E-state index in [2.05, 4.69) is 27.2 Å². The van der Waals surface area contributed by atoms with Crippen molar-refractivity contribution in [2.24, 2.45) is 0 Å². The number of ether oxygens (including phenoxy) is 1. The van der Waals surface area contributed by atoms with Gasteiger partial charge in [0.15, 0.2) is 0 Å². The van der Waals surface area contributed by atoms with E-state index < -0.39 is 5.97 Å². The number of thiazole rings is 1. The smallest absolute Gasteiger partial charge is 0.348 e. The van der Waals surface area contributed by atoms with E-state index in [4.69, 9.17) is 0 Å². The monoisotopic (exact) mass is 372 g/mol. The number of benzene rings is 1. The minimum Gasteiger partial charge on any atom is -0.465 e. The molecule has 0 saturated heterocycles. The van der Waals surface area contributed by atoms with Crippen LogP contribution in [0.1, 0.15) is 25.9 Å². The first kappa shape index (κ1) is 17.3. The van der Waals surface area contributed by atoms with Crippen LogP contribution in [0.3, 0.4) is 0 Å². The lowest BCUT2D eigenvalue weighted by atomic mass is 10.2. The maximum absolute atomic E-state index is 12.1. The molecule has 0 spiro atoms. The van der Waals surface area contributed by atoms with Gasteiger partial charge in [-0.15, -0.1) is 22.7 Å². The SMILES string of the molecule is COC(=O)c1ccc(NC(=O)Cc2csc(Cc3ccccc3)n2)s1. The van der Waals surface area contributed by atoms with Crippen LogP contribution >= 0.6 is 22.7 Å². The van der Waals surface area contributed by atoms with E-state index in [1.54, 1.807) is 23.5 Å². The van der Waals surface area contributed by atoms with Crippen molar-refractivity contribution >= 4 is 39.6 Å². The van der Waals surface area contributed by atoms with Gasteiger partial charge in [0.05, 0.1) is 29.2 Å². The minimum atomic E-state index is -0.407. The second-order valence-corrected chi connectivity index (χ2v) is 7.30. The van der Waals surface area contributed by atoms with Crippen molar-refractivity contribution in [2.45, 2.75) is 12.8 Å². The van der Waals surface area contributed by atoms with Crippen molar-refractivity contribution in [1.82, 2.24) is 4.98 Å². The van der Waals surface area contributed by atoms with Crippen LogP contribution in [0.25, 0.3) is 0 Å². The van der Waals surface area contributed by atoms with Gasteiger partial charge in [0.25, 0.3) is 0 Å². The molecule has 0 aliphatic rings. The lowest BCUT2D eigenvalue weighted by molar-refractivity contribution is -0.115. The van der Waals surface area contributed by atoms with Crippen molar-refractivity contribution < 1.29 is 14.3 Å². The number of carbonyl (C=O) groups excluding carboxylic acids is 2. The molecule has 0 fully saturated rings. The van der Waals surface area contributed by atoms with Gasteiger partial charge in [-0.3, -0.25) is 4.79 Å². The Bertz CT molecular complexity index is 871. The Hall–Kier alpha value is -2.51. The highest BCUT2D eigenvalue weighted by atomic mass is 32.1. The van der Waals surface area contributed by atoms with E-state index in [0.717, 1.165) is 17.1 Å². The summed E-state index contributed by atoms with van der Waals surface area (Å²) in [5, 5.41) is 6.29. The standard InChI is InChI=1S/C18H16N2O3S2/c1-23-18(22)14-7-8-16(25-14)20-15(21)10-13-11-24-17(19-13)9-12-5-3-2-4-6-12/h2-8,11H,9-10H2,1H3,(H,20,21). The number of anilines is 1. The minimum absolute atomic E-state index is 0.158. The first-order valence-corrected chi connectivity index (χ1v) is 9.29. The lowest BCUT2D eigenvalue weighted by Crippen LogP contribution is -2.13. The van der Waals surface area contributed by atoms with Crippen LogP contribution in [-0.4, -0.2) is 24.0 Å². The Balaban J connectivity index is 1.56. The summed E-state index contributed by atoms with van der Waals surface area (Å²) in [6, 6.07) is 13.4. The van der Waals surface area contributed by atoms with Crippen molar-refractivity contribution in [3.8, 4) is 0 Å². The highest BCUT2D eigenvalue weighted by Gasteiger charge is 2.12. The molecule has 0 bridgehead atoms. The number of methoxy groups -OCH3 is 1. The van der Waals surface area contributed by atoms with Gasteiger partial charge in [0.2, 0.25) is 5.91 Å². The predicted molar refractivity (Wildman–Crippen MR) is 99.4 cm³/mol. The molecule has 3 rings (SSSR count). The zero-order valence-corrected chi connectivity index (χ0v) is 15.2. The van der Waals surface area contributed by atoms with Gasteiger partial charge < -0.3 is 10.1 Å². The number of aromatic nitrogens is 1. The van der Waals surface area contributed by atoms with Gasteiger partial charge in [-0.2, -0.15) is 0 Å². The molecule has 1 aromatic carbocycles. The Kier molecular flexibility index (Phi) is 5.57. The first-order valence-electron chi connectivity index (χ1n) is 7.59. The molecule has 0 atom stereocenters. The van der Waals surface area contributed by atoms with E-state index in [0.29, 0.717) is 9.88 Å². The number of nitrogens with one attached hydrogen (secondary N) is 1. The summed E-state index contributed by atoms with van der Waals surface area (Å²) >= 11 is 2.74. The van der Waals surface area contributed by atoms with Crippen LogP contribution in [-0.2, 0) is 22.4 Å². The molecule has 3 aromatic rings. The number of nitrogens with zero attached hydrogens (tertiary/aromatic N) is 1. The van der Waals surface area contributed by atoms with Crippen LogP contribution < -0.4 is 5.32 Å². The average molecular weight is 372 g/mol. The molecular weight excluding hydrogens is 356 g/mol. The number of hydrogen-bond donors (Lipinski definition) is 1. The topological polar surface area (TPSA) is 68.3 Å². The maximum Gasteiger partial charge on any atom is 0.348 e. The van der Waals surface area contributed by atoms with Gasteiger partial charge in [-0.05, 0) is 17.7 Å². The summed E-state index contributed by atoms with van der Waals surface area (Å²) in [5.74, 6) is -0.564. The Morgan fingerprint density at radius 3 is 2.72 bits per heavy atom. The average Bonchev–Trinajstić information content (AvgIpc) is 3.25. The molecule has 0 aliphatic carbocycles. The number of amides is 1. The molecule has 1 N–H and O–H groups in total. The Labute approximate surface area is 153 Å². The van der Waals surface area contributed by atoms with E-state index in [1.165, 1.54) is 24.0 Å². The third kappa shape index (κ3) is 4.74.